The van der Waals surface area contributed by atoms with Crippen LogP contribution < -0.4 is 10.6 Å². The SMILES string of the molecule is Cc1c(C(=O)NCC2CNCC2O)cnn1-c1cccc(Br)c1.Cl. The van der Waals surface area contributed by atoms with Crippen LogP contribution in [0.25, 0.3) is 5.69 Å². The van der Waals surface area contributed by atoms with Gasteiger partial charge < -0.3 is 15.7 Å². The van der Waals surface area contributed by atoms with E-state index in [2.05, 4.69) is 31.7 Å². The van der Waals surface area contributed by atoms with Crippen LogP contribution in [0.2, 0.25) is 0 Å². The number of nitrogens with zero attached hydrogens (tertiary/aromatic N) is 2. The third-order valence-corrected chi connectivity index (χ3v) is 4.63. The number of halogens is 2. The molecule has 1 fully saturated rings. The number of aromatic nitrogens is 2. The normalized spacial score (nSPS) is 19.8. The van der Waals surface area contributed by atoms with Crippen LogP contribution in [-0.4, -0.2) is 46.5 Å². The van der Waals surface area contributed by atoms with Crippen molar-refractivity contribution >= 4 is 34.2 Å². The molecule has 2 heterocycles. The zero-order valence-electron chi connectivity index (χ0n) is 13.2. The first-order valence-corrected chi connectivity index (χ1v) is 8.33. The van der Waals surface area contributed by atoms with E-state index in [-0.39, 0.29) is 24.2 Å². The molecule has 0 radical (unpaired) electrons. The molecule has 0 aliphatic carbocycles. The Morgan fingerprint density at radius 1 is 1.50 bits per heavy atom. The maximum absolute atomic E-state index is 12.4. The van der Waals surface area contributed by atoms with E-state index in [0.717, 1.165) is 22.4 Å². The highest BCUT2D eigenvalue weighted by molar-refractivity contribution is 9.10. The van der Waals surface area contributed by atoms with Crippen LogP contribution in [0, 0.1) is 12.8 Å². The van der Waals surface area contributed by atoms with Crippen molar-refractivity contribution < 1.29 is 9.90 Å². The van der Waals surface area contributed by atoms with E-state index < -0.39 is 6.10 Å². The Bertz CT molecular complexity index is 722. The van der Waals surface area contributed by atoms with Gasteiger partial charge in [-0.15, -0.1) is 12.4 Å². The summed E-state index contributed by atoms with van der Waals surface area (Å²) in [7, 11) is 0. The number of aliphatic hydroxyl groups excluding tert-OH is 1. The fourth-order valence-electron chi connectivity index (χ4n) is 2.75. The Hall–Kier alpha value is -1.41. The van der Waals surface area contributed by atoms with E-state index in [4.69, 9.17) is 0 Å². The molecule has 24 heavy (non-hydrogen) atoms. The lowest BCUT2D eigenvalue weighted by molar-refractivity contribution is 0.0926. The number of aliphatic hydroxyl groups is 1. The van der Waals surface area contributed by atoms with Gasteiger partial charge in [0.2, 0.25) is 0 Å². The van der Waals surface area contributed by atoms with Gasteiger partial charge in [-0.2, -0.15) is 5.10 Å². The van der Waals surface area contributed by atoms with Gasteiger partial charge in [-0.05, 0) is 25.1 Å². The van der Waals surface area contributed by atoms with Gasteiger partial charge in [0.15, 0.2) is 0 Å². The van der Waals surface area contributed by atoms with E-state index in [9.17, 15) is 9.90 Å². The quantitative estimate of drug-likeness (QED) is 0.710. The molecule has 1 amide bonds. The lowest BCUT2D eigenvalue weighted by Gasteiger charge is -2.14. The fraction of sp³-hybridized carbons (Fsp3) is 0.375. The van der Waals surface area contributed by atoms with Gasteiger partial charge in [0, 0.05) is 30.0 Å². The van der Waals surface area contributed by atoms with Gasteiger partial charge in [-0.1, -0.05) is 22.0 Å². The van der Waals surface area contributed by atoms with Crippen LogP contribution >= 0.6 is 28.3 Å². The summed E-state index contributed by atoms with van der Waals surface area (Å²) in [5.41, 5.74) is 2.22. The Morgan fingerprint density at radius 3 is 2.96 bits per heavy atom. The van der Waals surface area contributed by atoms with Crippen molar-refractivity contribution in [2.45, 2.75) is 13.0 Å². The van der Waals surface area contributed by atoms with Crippen LogP contribution in [0.15, 0.2) is 34.9 Å². The number of hydrogen-bond donors (Lipinski definition) is 3. The number of amides is 1. The van der Waals surface area contributed by atoms with Crippen molar-refractivity contribution in [2.75, 3.05) is 19.6 Å². The molecule has 2 unspecified atom stereocenters. The maximum Gasteiger partial charge on any atom is 0.254 e. The standard InChI is InChI=1S/C16H19BrN4O2.ClH/c1-10-14(16(23)19-7-11-6-18-9-15(11)22)8-20-21(10)13-4-2-3-12(17)5-13;/h2-5,8,11,15,18,22H,6-7,9H2,1H3,(H,19,23);1H. The van der Waals surface area contributed by atoms with E-state index in [1.807, 2.05) is 31.2 Å². The molecule has 0 bridgehead atoms. The van der Waals surface area contributed by atoms with E-state index >= 15 is 0 Å². The average molecular weight is 416 g/mol. The molecule has 1 saturated heterocycles. The summed E-state index contributed by atoms with van der Waals surface area (Å²) in [5.74, 6) is -0.109. The van der Waals surface area contributed by atoms with Gasteiger partial charge >= 0.3 is 0 Å². The van der Waals surface area contributed by atoms with Gasteiger partial charge in [0.05, 0.1) is 29.2 Å². The summed E-state index contributed by atoms with van der Waals surface area (Å²) in [6, 6.07) is 7.75. The van der Waals surface area contributed by atoms with Crippen LogP contribution in [0.5, 0.6) is 0 Å². The number of hydrogen-bond acceptors (Lipinski definition) is 4. The number of carbonyl (C=O) groups is 1. The smallest absolute Gasteiger partial charge is 0.254 e. The highest BCUT2D eigenvalue weighted by Crippen LogP contribution is 2.18. The molecule has 1 aromatic carbocycles. The molecule has 6 nitrogen and oxygen atoms in total. The number of carbonyl (C=O) groups excluding carboxylic acids is 1. The largest absolute Gasteiger partial charge is 0.391 e. The first-order valence-electron chi connectivity index (χ1n) is 7.54. The van der Waals surface area contributed by atoms with E-state index in [1.54, 1.807) is 10.9 Å². The van der Waals surface area contributed by atoms with Gasteiger partial charge in [0.25, 0.3) is 5.91 Å². The Morgan fingerprint density at radius 2 is 2.29 bits per heavy atom. The van der Waals surface area contributed by atoms with Crippen molar-refractivity contribution in [1.82, 2.24) is 20.4 Å². The Labute approximate surface area is 155 Å². The molecule has 1 aliphatic rings. The highest BCUT2D eigenvalue weighted by Gasteiger charge is 2.25. The minimum atomic E-state index is -0.402. The Kier molecular flexibility index (Phi) is 6.40. The zero-order chi connectivity index (χ0) is 16.4. The summed E-state index contributed by atoms with van der Waals surface area (Å²) in [4.78, 5) is 12.4. The first-order chi connectivity index (χ1) is 11.1. The van der Waals surface area contributed by atoms with Crippen molar-refractivity contribution in [3.63, 3.8) is 0 Å². The third-order valence-electron chi connectivity index (χ3n) is 4.14. The topological polar surface area (TPSA) is 79.2 Å². The summed E-state index contributed by atoms with van der Waals surface area (Å²) in [5, 5.41) is 20.1. The highest BCUT2D eigenvalue weighted by atomic mass is 79.9. The summed E-state index contributed by atoms with van der Waals surface area (Å²) < 4.78 is 2.70. The maximum atomic E-state index is 12.4. The van der Waals surface area contributed by atoms with Crippen LogP contribution in [-0.2, 0) is 0 Å². The fourth-order valence-corrected chi connectivity index (χ4v) is 3.13. The Balaban J connectivity index is 0.00000208. The summed E-state index contributed by atoms with van der Waals surface area (Å²) in [6.07, 6.45) is 1.18. The molecular formula is C16H20BrClN4O2. The second-order valence-electron chi connectivity index (χ2n) is 5.73. The second-order valence-corrected chi connectivity index (χ2v) is 6.65. The van der Waals surface area contributed by atoms with Crippen LogP contribution in [0.3, 0.4) is 0 Å². The monoisotopic (exact) mass is 414 g/mol. The molecule has 8 heteroatoms. The number of benzene rings is 1. The molecule has 130 valence electrons. The van der Waals surface area contributed by atoms with E-state index in [1.165, 1.54) is 0 Å². The number of rotatable bonds is 4. The molecule has 1 aliphatic heterocycles. The van der Waals surface area contributed by atoms with Crippen molar-refractivity contribution in [1.29, 1.82) is 0 Å². The molecule has 0 spiro atoms. The zero-order valence-corrected chi connectivity index (χ0v) is 15.6. The minimum Gasteiger partial charge on any atom is -0.391 e. The number of nitrogens with one attached hydrogen (secondary N) is 2. The lowest BCUT2D eigenvalue weighted by atomic mass is 10.1. The molecule has 1 aromatic heterocycles. The molecule has 2 atom stereocenters. The van der Waals surface area contributed by atoms with Crippen molar-refractivity contribution in [3.8, 4) is 5.69 Å². The predicted molar refractivity (Wildman–Crippen MR) is 97.9 cm³/mol. The first kappa shape index (κ1) is 18.9. The number of β-amino-alcohol motifs (C(OH)–C–C–N with tert-alkyl or cyclic N) is 1. The third kappa shape index (κ3) is 3.97. The molecular weight excluding hydrogens is 396 g/mol. The summed E-state index contributed by atoms with van der Waals surface area (Å²) in [6.45, 7) is 3.63. The van der Waals surface area contributed by atoms with Crippen molar-refractivity contribution in [3.05, 3.63) is 46.2 Å². The molecule has 0 saturated carbocycles. The molecule has 2 aromatic rings. The van der Waals surface area contributed by atoms with Gasteiger partial charge in [-0.3, -0.25) is 4.79 Å². The molecule has 3 N–H and O–H groups in total. The van der Waals surface area contributed by atoms with Crippen molar-refractivity contribution in [2.24, 2.45) is 5.92 Å². The second kappa shape index (κ2) is 8.11. The van der Waals surface area contributed by atoms with Gasteiger partial charge in [0.1, 0.15) is 0 Å². The predicted octanol–water partition coefficient (Wildman–Crippen LogP) is 1.68. The van der Waals surface area contributed by atoms with E-state index in [0.29, 0.717) is 18.7 Å². The average Bonchev–Trinajstić information content (AvgIpc) is 3.11. The van der Waals surface area contributed by atoms with Crippen LogP contribution in [0.4, 0.5) is 0 Å². The minimum absolute atomic E-state index is 0. The lowest BCUT2D eigenvalue weighted by Crippen LogP contribution is -2.34. The molecule has 3 rings (SSSR count). The van der Waals surface area contributed by atoms with Crippen LogP contribution in [0.1, 0.15) is 16.1 Å². The van der Waals surface area contributed by atoms with Gasteiger partial charge in [-0.25, -0.2) is 4.68 Å². The summed E-state index contributed by atoms with van der Waals surface area (Å²) >= 11 is 3.44.